The van der Waals surface area contributed by atoms with Crippen molar-refractivity contribution in [3.63, 3.8) is 0 Å². The number of rotatable bonds is 2. The van der Waals surface area contributed by atoms with E-state index in [-0.39, 0.29) is 5.57 Å². The van der Waals surface area contributed by atoms with Crippen LogP contribution in [0.15, 0.2) is 11.8 Å². The van der Waals surface area contributed by atoms with Crippen LogP contribution in [0.5, 0.6) is 0 Å². The average Bonchev–Trinajstić information content (AvgIpc) is 1.85. The molecule has 56 valence electrons. The summed E-state index contributed by atoms with van der Waals surface area (Å²) in [5.74, 6) is -0.684. The van der Waals surface area contributed by atoms with Gasteiger partial charge in [0.15, 0.2) is 0 Å². The zero-order chi connectivity index (χ0) is 8.15. The first-order chi connectivity index (χ1) is 4.57. The standard InChI is InChI=1S/C5H7NO4/c1-4(3-6(8)9)5(7)10-2/h3H,1-2H3/b4-3-. The smallest absolute Gasteiger partial charge is 0.339 e. The highest BCUT2D eigenvalue weighted by Gasteiger charge is 2.06. The van der Waals surface area contributed by atoms with E-state index < -0.39 is 10.9 Å². The maximum absolute atomic E-state index is 10.5. The van der Waals surface area contributed by atoms with Gasteiger partial charge in [0.1, 0.15) is 5.57 Å². The van der Waals surface area contributed by atoms with Crippen molar-refractivity contribution in [1.82, 2.24) is 0 Å². The average molecular weight is 145 g/mol. The first-order valence-corrected chi connectivity index (χ1v) is 2.48. The van der Waals surface area contributed by atoms with E-state index in [9.17, 15) is 14.9 Å². The first-order valence-electron chi connectivity index (χ1n) is 2.48. The second kappa shape index (κ2) is 3.60. The van der Waals surface area contributed by atoms with Crippen molar-refractivity contribution in [2.24, 2.45) is 0 Å². The highest BCUT2D eigenvalue weighted by molar-refractivity contribution is 5.87. The molecule has 0 aliphatic carbocycles. The van der Waals surface area contributed by atoms with Gasteiger partial charge in [0, 0.05) is 0 Å². The topological polar surface area (TPSA) is 69.4 Å². The Kier molecular flexibility index (Phi) is 3.10. The molecule has 0 aliphatic rings. The molecule has 0 amide bonds. The predicted octanol–water partition coefficient (Wildman–Crippen LogP) is 0.340. The van der Waals surface area contributed by atoms with Gasteiger partial charge in [-0.1, -0.05) is 0 Å². The Morgan fingerprint density at radius 2 is 2.20 bits per heavy atom. The molecule has 0 rings (SSSR count). The Balaban J connectivity index is 4.19. The summed E-state index contributed by atoms with van der Waals surface area (Å²) in [6.45, 7) is 1.31. The Bertz CT molecular complexity index is 184. The lowest BCUT2D eigenvalue weighted by atomic mass is 10.3. The lowest BCUT2D eigenvalue weighted by molar-refractivity contribution is -0.403. The minimum Gasteiger partial charge on any atom is -0.465 e. The van der Waals surface area contributed by atoms with Crippen molar-refractivity contribution in [3.8, 4) is 0 Å². The fourth-order valence-electron chi connectivity index (χ4n) is 0.372. The Labute approximate surface area is 57.4 Å². The molecule has 0 saturated heterocycles. The molecule has 0 N–H and O–H groups in total. The summed E-state index contributed by atoms with van der Waals surface area (Å²) in [5, 5.41) is 9.75. The molecular weight excluding hydrogens is 138 g/mol. The van der Waals surface area contributed by atoms with Crippen molar-refractivity contribution in [2.75, 3.05) is 7.11 Å². The number of carbonyl (C=O) groups is 1. The summed E-state index contributed by atoms with van der Waals surface area (Å²) in [6, 6.07) is 0. The van der Waals surface area contributed by atoms with E-state index in [2.05, 4.69) is 4.74 Å². The fourth-order valence-corrected chi connectivity index (χ4v) is 0.372. The van der Waals surface area contributed by atoms with Gasteiger partial charge >= 0.3 is 5.97 Å². The summed E-state index contributed by atoms with van der Waals surface area (Å²) in [6.07, 6.45) is 0.603. The molecule has 0 atom stereocenters. The van der Waals surface area contributed by atoms with E-state index in [1.807, 2.05) is 0 Å². The van der Waals surface area contributed by atoms with Crippen LogP contribution in [0.4, 0.5) is 0 Å². The van der Waals surface area contributed by atoms with Crippen molar-refractivity contribution in [2.45, 2.75) is 6.92 Å². The molecule has 10 heavy (non-hydrogen) atoms. The molecule has 0 aliphatic heterocycles. The van der Waals surface area contributed by atoms with Crippen molar-refractivity contribution >= 4 is 5.97 Å². The molecule has 5 nitrogen and oxygen atoms in total. The molecule has 0 spiro atoms. The lowest BCUT2D eigenvalue weighted by Crippen LogP contribution is -2.03. The van der Waals surface area contributed by atoms with Crippen LogP contribution in [0.1, 0.15) is 6.92 Å². The van der Waals surface area contributed by atoms with Gasteiger partial charge in [-0.25, -0.2) is 4.79 Å². The van der Waals surface area contributed by atoms with E-state index in [0.29, 0.717) is 6.20 Å². The SMILES string of the molecule is COC(=O)/C(C)=C\[N+](=O)[O-]. The van der Waals surface area contributed by atoms with Crippen molar-refractivity contribution in [1.29, 1.82) is 0 Å². The molecule has 0 unspecified atom stereocenters. The Hall–Kier alpha value is -1.39. The third kappa shape index (κ3) is 2.81. The maximum Gasteiger partial charge on any atom is 0.339 e. The number of nitro groups is 1. The first kappa shape index (κ1) is 8.61. The Morgan fingerprint density at radius 1 is 1.70 bits per heavy atom. The highest BCUT2D eigenvalue weighted by Crippen LogP contribution is 1.93. The van der Waals surface area contributed by atoms with Crippen LogP contribution in [0, 0.1) is 10.1 Å². The van der Waals surface area contributed by atoms with Crippen LogP contribution in [0.2, 0.25) is 0 Å². The number of methoxy groups -OCH3 is 1. The second-order valence-electron chi connectivity index (χ2n) is 1.59. The van der Waals surface area contributed by atoms with Crippen LogP contribution in [-0.2, 0) is 9.53 Å². The van der Waals surface area contributed by atoms with Crippen molar-refractivity contribution < 1.29 is 14.5 Å². The van der Waals surface area contributed by atoms with Crippen LogP contribution in [-0.4, -0.2) is 18.0 Å². The summed E-state index contributed by atoms with van der Waals surface area (Å²) >= 11 is 0. The molecule has 0 aromatic rings. The summed E-state index contributed by atoms with van der Waals surface area (Å²) in [7, 11) is 1.17. The van der Waals surface area contributed by atoms with Gasteiger partial charge in [0.25, 0.3) is 0 Å². The maximum atomic E-state index is 10.5. The zero-order valence-electron chi connectivity index (χ0n) is 5.66. The number of nitrogens with zero attached hydrogens (tertiary/aromatic N) is 1. The molecule has 0 aromatic carbocycles. The van der Waals surface area contributed by atoms with E-state index in [0.717, 1.165) is 0 Å². The number of hydrogen-bond donors (Lipinski definition) is 0. The van der Waals surface area contributed by atoms with E-state index in [1.54, 1.807) is 0 Å². The van der Waals surface area contributed by atoms with Crippen LogP contribution in [0.25, 0.3) is 0 Å². The van der Waals surface area contributed by atoms with Gasteiger partial charge < -0.3 is 4.74 Å². The van der Waals surface area contributed by atoms with E-state index >= 15 is 0 Å². The molecule has 0 aromatic heterocycles. The molecule has 0 heterocycles. The quantitative estimate of drug-likeness (QED) is 0.243. The van der Waals surface area contributed by atoms with Gasteiger partial charge in [-0.2, -0.15) is 0 Å². The van der Waals surface area contributed by atoms with Crippen LogP contribution < -0.4 is 0 Å². The lowest BCUT2D eigenvalue weighted by Gasteiger charge is -1.92. The third-order valence-electron chi connectivity index (χ3n) is 0.806. The van der Waals surface area contributed by atoms with Gasteiger partial charge in [0.2, 0.25) is 6.20 Å². The molecule has 0 saturated carbocycles. The number of ether oxygens (including phenoxy) is 1. The molecular formula is C5H7NO4. The predicted molar refractivity (Wildman–Crippen MR) is 32.8 cm³/mol. The van der Waals surface area contributed by atoms with Crippen molar-refractivity contribution in [3.05, 3.63) is 21.9 Å². The normalized spacial score (nSPS) is 10.8. The fraction of sp³-hybridized carbons (Fsp3) is 0.400. The van der Waals surface area contributed by atoms with Gasteiger partial charge in [-0.15, -0.1) is 0 Å². The van der Waals surface area contributed by atoms with E-state index in [4.69, 9.17) is 0 Å². The molecule has 0 fully saturated rings. The number of carbonyl (C=O) groups excluding carboxylic acids is 1. The Morgan fingerprint density at radius 3 is 2.50 bits per heavy atom. The molecule has 0 bridgehead atoms. The zero-order valence-corrected chi connectivity index (χ0v) is 5.66. The number of esters is 1. The number of hydrogen-bond acceptors (Lipinski definition) is 4. The van der Waals surface area contributed by atoms with Crippen LogP contribution >= 0.6 is 0 Å². The van der Waals surface area contributed by atoms with E-state index in [1.165, 1.54) is 14.0 Å². The van der Waals surface area contributed by atoms with Gasteiger partial charge in [0.05, 0.1) is 12.0 Å². The largest absolute Gasteiger partial charge is 0.465 e. The summed E-state index contributed by atoms with van der Waals surface area (Å²) in [5.41, 5.74) is -0.0208. The minimum absolute atomic E-state index is 0.0208. The third-order valence-corrected chi connectivity index (χ3v) is 0.806. The molecule has 5 heteroatoms. The van der Waals surface area contributed by atoms with Gasteiger partial charge in [-0.05, 0) is 6.92 Å². The van der Waals surface area contributed by atoms with Crippen LogP contribution in [0.3, 0.4) is 0 Å². The summed E-state index contributed by atoms with van der Waals surface area (Å²) < 4.78 is 4.20. The van der Waals surface area contributed by atoms with Gasteiger partial charge in [-0.3, -0.25) is 10.1 Å². The second-order valence-corrected chi connectivity index (χ2v) is 1.59. The monoisotopic (exact) mass is 145 g/mol. The molecule has 0 radical (unpaired) electrons. The summed E-state index contributed by atoms with van der Waals surface area (Å²) in [4.78, 5) is 19.5. The highest BCUT2D eigenvalue weighted by atomic mass is 16.6. The minimum atomic E-state index is -0.702.